The number of ether oxygens (including phenoxy) is 1. The van der Waals surface area contributed by atoms with Gasteiger partial charge in [-0.2, -0.15) is 5.26 Å². The van der Waals surface area contributed by atoms with Crippen LogP contribution >= 0.6 is 0 Å². The summed E-state index contributed by atoms with van der Waals surface area (Å²) in [6, 6.07) is 7.41. The van der Waals surface area contributed by atoms with Crippen LogP contribution in [-0.2, 0) is 16.8 Å². The first-order chi connectivity index (χ1) is 8.38. The van der Waals surface area contributed by atoms with Crippen LogP contribution in [0.5, 0.6) is 5.75 Å². The van der Waals surface area contributed by atoms with Crippen LogP contribution in [0.4, 0.5) is 0 Å². The van der Waals surface area contributed by atoms with Crippen molar-refractivity contribution < 1.29 is 9.53 Å². The van der Waals surface area contributed by atoms with Crippen LogP contribution in [0.3, 0.4) is 0 Å². The number of hydrogen-bond acceptors (Lipinski definition) is 3. The SMILES string of the molecule is COc1ccc(C(C)(C)C)cc1CNC(=O)C#N. The molecule has 0 unspecified atom stereocenters. The van der Waals surface area contributed by atoms with Gasteiger partial charge in [0.05, 0.1) is 7.11 Å². The van der Waals surface area contributed by atoms with Gasteiger partial charge in [0, 0.05) is 12.1 Å². The molecule has 1 N–H and O–H groups in total. The van der Waals surface area contributed by atoms with Gasteiger partial charge in [-0.1, -0.05) is 26.8 Å². The third kappa shape index (κ3) is 3.49. The van der Waals surface area contributed by atoms with Crippen molar-refractivity contribution in [3.8, 4) is 11.8 Å². The van der Waals surface area contributed by atoms with E-state index < -0.39 is 5.91 Å². The molecule has 1 amide bonds. The third-order valence-electron chi connectivity index (χ3n) is 2.69. The van der Waals surface area contributed by atoms with Gasteiger partial charge in [0.15, 0.2) is 6.07 Å². The zero-order valence-corrected chi connectivity index (χ0v) is 11.2. The van der Waals surface area contributed by atoms with Gasteiger partial charge in [-0.25, -0.2) is 0 Å². The number of nitriles is 1. The highest BCUT2D eigenvalue weighted by Gasteiger charge is 2.16. The van der Waals surface area contributed by atoms with Crippen LogP contribution < -0.4 is 10.1 Å². The normalized spacial score (nSPS) is 10.6. The van der Waals surface area contributed by atoms with Gasteiger partial charge in [0.2, 0.25) is 0 Å². The molecule has 1 rings (SSSR count). The van der Waals surface area contributed by atoms with Gasteiger partial charge < -0.3 is 10.1 Å². The van der Waals surface area contributed by atoms with Gasteiger partial charge in [-0.3, -0.25) is 4.79 Å². The molecule has 0 fully saturated rings. The maximum atomic E-state index is 11.0. The van der Waals surface area contributed by atoms with E-state index in [1.165, 1.54) is 6.07 Å². The van der Waals surface area contributed by atoms with Crippen molar-refractivity contribution >= 4 is 5.91 Å². The highest BCUT2D eigenvalue weighted by atomic mass is 16.5. The van der Waals surface area contributed by atoms with E-state index in [1.807, 2.05) is 18.2 Å². The summed E-state index contributed by atoms with van der Waals surface area (Å²) in [4.78, 5) is 11.0. The highest BCUT2D eigenvalue weighted by molar-refractivity contribution is 5.91. The summed E-state index contributed by atoms with van der Waals surface area (Å²) in [5.41, 5.74) is 2.05. The van der Waals surface area contributed by atoms with E-state index in [1.54, 1.807) is 7.11 Å². The van der Waals surface area contributed by atoms with Crippen molar-refractivity contribution in [1.29, 1.82) is 5.26 Å². The molecule has 0 heterocycles. The number of rotatable bonds is 3. The zero-order chi connectivity index (χ0) is 13.8. The molecule has 0 saturated heterocycles. The van der Waals surface area contributed by atoms with Crippen molar-refractivity contribution in [3.05, 3.63) is 29.3 Å². The topological polar surface area (TPSA) is 62.1 Å². The second-order valence-electron chi connectivity index (χ2n) is 5.07. The van der Waals surface area contributed by atoms with Crippen LogP contribution in [-0.4, -0.2) is 13.0 Å². The van der Waals surface area contributed by atoms with Crippen LogP contribution in [0.15, 0.2) is 18.2 Å². The molecule has 0 saturated carbocycles. The molecule has 4 nitrogen and oxygen atoms in total. The fraction of sp³-hybridized carbons (Fsp3) is 0.429. The molecule has 0 bridgehead atoms. The Balaban J connectivity index is 3.00. The quantitative estimate of drug-likeness (QED) is 0.831. The van der Waals surface area contributed by atoms with Gasteiger partial charge in [-0.05, 0) is 23.1 Å². The first kappa shape index (κ1) is 14.0. The fourth-order valence-electron chi connectivity index (χ4n) is 1.60. The number of amides is 1. The fourth-order valence-corrected chi connectivity index (χ4v) is 1.60. The van der Waals surface area contributed by atoms with Gasteiger partial charge in [0.25, 0.3) is 0 Å². The Kier molecular flexibility index (Phi) is 4.33. The van der Waals surface area contributed by atoms with Crippen molar-refractivity contribution in [2.24, 2.45) is 0 Å². The van der Waals surface area contributed by atoms with Crippen molar-refractivity contribution in [2.75, 3.05) is 7.11 Å². The van der Waals surface area contributed by atoms with E-state index in [-0.39, 0.29) is 5.41 Å². The lowest BCUT2D eigenvalue weighted by Crippen LogP contribution is -2.21. The number of nitrogens with zero attached hydrogens (tertiary/aromatic N) is 1. The summed E-state index contributed by atoms with van der Waals surface area (Å²) in [7, 11) is 1.59. The Labute approximate surface area is 108 Å². The monoisotopic (exact) mass is 246 g/mol. The molecule has 0 aliphatic heterocycles. The van der Waals surface area contributed by atoms with Crippen molar-refractivity contribution in [2.45, 2.75) is 32.7 Å². The second kappa shape index (κ2) is 5.54. The largest absolute Gasteiger partial charge is 0.496 e. The molecular weight excluding hydrogens is 228 g/mol. The van der Waals surface area contributed by atoms with Gasteiger partial charge in [-0.15, -0.1) is 0 Å². The Hall–Kier alpha value is -2.02. The number of hydrogen-bond donors (Lipinski definition) is 1. The van der Waals surface area contributed by atoms with E-state index in [0.29, 0.717) is 12.3 Å². The highest BCUT2D eigenvalue weighted by Crippen LogP contribution is 2.27. The number of carbonyl (C=O) groups is 1. The van der Waals surface area contributed by atoms with Crippen LogP contribution in [0.2, 0.25) is 0 Å². The van der Waals surface area contributed by atoms with E-state index in [9.17, 15) is 4.79 Å². The lowest BCUT2D eigenvalue weighted by atomic mass is 9.86. The Morgan fingerprint density at radius 2 is 2.11 bits per heavy atom. The zero-order valence-electron chi connectivity index (χ0n) is 11.2. The molecule has 18 heavy (non-hydrogen) atoms. The first-order valence-corrected chi connectivity index (χ1v) is 5.74. The molecule has 4 heteroatoms. The Morgan fingerprint density at radius 1 is 1.44 bits per heavy atom. The van der Waals surface area contributed by atoms with Crippen LogP contribution in [0.25, 0.3) is 0 Å². The minimum Gasteiger partial charge on any atom is -0.496 e. The molecule has 0 atom stereocenters. The standard InChI is InChI=1S/C14H18N2O2/c1-14(2,3)11-5-6-12(18-4)10(7-11)9-16-13(17)8-15/h5-7H,9H2,1-4H3,(H,16,17). The molecule has 0 aliphatic rings. The van der Waals surface area contributed by atoms with Crippen LogP contribution in [0, 0.1) is 11.3 Å². The second-order valence-corrected chi connectivity index (χ2v) is 5.07. The molecule has 0 aliphatic carbocycles. The molecule has 96 valence electrons. The number of nitrogens with one attached hydrogen (secondary N) is 1. The van der Waals surface area contributed by atoms with E-state index in [2.05, 4.69) is 26.1 Å². The number of methoxy groups -OCH3 is 1. The summed E-state index contributed by atoms with van der Waals surface area (Å²) in [5.74, 6) is 0.0689. The lowest BCUT2D eigenvalue weighted by Gasteiger charge is -2.21. The molecule has 0 aromatic heterocycles. The smallest absolute Gasteiger partial charge is 0.322 e. The van der Waals surface area contributed by atoms with Crippen molar-refractivity contribution in [3.63, 3.8) is 0 Å². The summed E-state index contributed by atoms with van der Waals surface area (Å²) in [5, 5.41) is 11.0. The average Bonchev–Trinajstić information content (AvgIpc) is 2.34. The van der Waals surface area contributed by atoms with Gasteiger partial charge in [0.1, 0.15) is 5.75 Å². The van der Waals surface area contributed by atoms with E-state index in [0.717, 1.165) is 11.1 Å². The van der Waals surface area contributed by atoms with E-state index >= 15 is 0 Å². The van der Waals surface area contributed by atoms with Crippen molar-refractivity contribution in [1.82, 2.24) is 5.32 Å². The average molecular weight is 246 g/mol. The number of carbonyl (C=O) groups excluding carboxylic acids is 1. The minimum atomic E-state index is -0.641. The predicted octanol–water partition coefficient (Wildman–Crippen LogP) is 2.13. The van der Waals surface area contributed by atoms with Gasteiger partial charge >= 0.3 is 5.91 Å². The molecule has 0 spiro atoms. The maximum Gasteiger partial charge on any atom is 0.322 e. The molecule has 1 aromatic rings. The predicted molar refractivity (Wildman–Crippen MR) is 69.2 cm³/mol. The summed E-state index contributed by atoms with van der Waals surface area (Å²) >= 11 is 0. The molecule has 0 radical (unpaired) electrons. The maximum absolute atomic E-state index is 11.0. The summed E-state index contributed by atoms with van der Waals surface area (Å²) in [6.45, 7) is 6.64. The van der Waals surface area contributed by atoms with Crippen LogP contribution in [0.1, 0.15) is 31.9 Å². The summed E-state index contributed by atoms with van der Waals surface area (Å²) in [6.07, 6.45) is 0. The minimum absolute atomic E-state index is 0.0280. The Morgan fingerprint density at radius 3 is 2.61 bits per heavy atom. The molecule has 1 aromatic carbocycles. The summed E-state index contributed by atoms with van der Waals surface area (Å²) < 4.78 is 5.24. The first-order valence-electron chi connectivity index (χ1n) is 5.74. The van der Waals surface area contributed by atoms with E-state index in [4.69, 9.17) is 10.00 Å². The number of benzene rings is 1. The molecular formula is C14H18N2O2. The lowest BCUT2D eigenvalue weighted by molar-refractivity contribution is -0.116. The third-order valence-corrected chi connectivity index (χ3v) is 2.69. The Bertz CT molecular complexity index is 482.